The second-order valence-corrected chi connectivity index (χ2v) is 10.3. The van der Waals surface area contributed by atoms with Crippen LogP contribution in [0, 0.1) is 0 Å². The van der Waals surface area contributed by atoms with Gasteiger partial charge < -0.3 is 4.89 Å². The second-order valence-electron chi connectivity index (χ2n) is 2.84. The van der Waals surface area contributed by atoms with Crippen LogP contribution >= 0.6 is 28.5 Å². The third-order valence-corrected chi connectivity index (χ3v) is 8.05. The normalized spacial score (nSPS) is 11.1. The molecule has 0 aromatic heterocycles. The summed E-state index contributed by atoms with van der Waals surface area (Å²) in [5.41, 5.74) is 0. The minimum absolute atomic E-state index is 0. The van der Waals surface area contributed by atoms with Crippen LogP contribution < -0.4 is 0 Å². The summed E-state index contributed by atoms with van der Waals surface area (Å²) in [5.74, 6) is -1.30. The van der Waals surface area contributed by atoms with Crippen LogP contribution in [0.5, 0.6) is 0 Å². The number of rotatable bonds is 8. The van der Waals surface area contributed by atoms with Crippen LogP contribution in [-0.4, -0.2) is 16.4 Å². The van der Waals surface area contributed by atoms with Gasteiger partial charge in [-0.15, -0.1) is 0 Å². The third kappa shape index (κ3) is 11.6. The molecule has 0 aliphatic heterocycles. The minimum atomic E-state index is -2.92. The Bertz CT molecular complexity index is 155. The summed E-state index contributed by atoms with van der Waals surface area (Å²) in [4.78, 5) is 9.45. The summed E-state index contributed by atoms with van der Waals surface area (Å²) < 4.78 is 11.4. The van der Waals surface area contributed by atoms with Gasteiger partial charge in [0.05, 0.1) is 0 Å². The Morgan fingerprint density at radius 3 is 1.71 bits per heavy atom. The molecule has 14 heavy (non-hydrogen) atoms. The summed E-state index contributed by atoms with van der Waals surface area (Å²) in [5, 5.41) is 0. The summed E-state index contributed by atoms with van der Waals surface area (Å²) >= 11 is 2.46. The molecule has 1 N–H and O–H groups in total. The smallest absolute Gasteiger partial charge is 0.310 e. The van der Waals surface area contributed by atoms with E-state index >= 15 is 0 Å². The first-order valence-electron chi connectivity index (χ1n) is 4.74. The predicted molar refractivity (Wildman–Crippen MR) is 64.6 cm³/mol. The summed E-state index contributed by atoms with van der Waals surface area (Å²) in [6.45, 7) is 4.18. The maximum absolute atomic E-state index is 11.4. The topological polar surface area (TPSA) is 37.3 Å². The molecule has 0 amide bonds. The second kappa shape index (κ2) is 11.0. The third-order valence-electron chi connectivity index (χ3n) is 1.50. The van der Waals surface area contributed by atoms with E-state index in [1.165, 1.54) is 22.8 Å². The van der Waals surface area contributed by atoms with Crippen molar-refractivity contribution in [1.82, 2.24) is 0 Å². The number of hydrogen-bond donors (Lipinski definition) is 1. The number of unbranched alkanes of at least 4 members (excludes halogenated alkanes) is 2. The van der Waals surface area contributed by atoms with Crippen LogP contribution in [0.15, 0.2) is 0 Å². The molecule has 0 spiro atoms. The van der Waals surface area contributed by atoms with Crippen LogP contribution in [-0.2, 0) is 24.0 Å². The fourth-order valence-corrected chi connectivity index (χ4v) is 6.45. The van der Waals surface area contributed by atoms with Crippen molar-refractivity contribution in [2.75, 3.05) is 11.5 Å². The van der Waals surface area contributed by atoms with E-state index in [1.54, 1.807) is 0 Å². The molecule has 0 radical (unpaired) electrons. The molecule has 0 aliphatic carbocycles. The molecule has 0 fully saturated rings. The van der Waals surface area contributed by atoms with Crippen LogP contribution in [0.4, 0.5) is 0 Å². The Hall–Kier alpha value is 1.51. The fraction of sp³-hybridized carbons (Fsp3) is 1.00. The van der Waals surface area contributed by atoms with Crippen molar-refractivity contribution in [2.45, 2.75) is 39.5 Å². The van der Waals surface area contributed by atoms with Gasteiger partial charge in [-0.1, -0.05) is 49.5 Å². The van der Waals surface area contributed by atoms with Gasteiger partial charge in [0.15, 0.2) is 0 Å². The van der Waals surface area contributed by atoms with Crippen molar-refractivity contribution >= 4 is 28.5 Å². The van der Waals surface area contributed by atoms with Crippen molar-refractivity contribution in [3.63, 3.8) is 0 Å². The molecule has 0 heterocycles. The molecule has 0 unspecified atom stereocenters. The molecular formula is C8H19O2PS2Zn. The minimum Gasteiger partial charge on any atom is -0.329 e. The first kappa shape index (κ1) is 17.9. The average molecular weight is 308 g/mol. The van der Waals surface area contributed by atoms with E-state index in [9.17, 15) is 9.46 Å². The molecule has 82 valence electrons. The van der Waals surface area contributed by atoms with Gasteiger partial charge in [0, 0.05) is 31.0 Å². The van der Waals surface area contributed by atoms with Crippen molar-refractivity contribution in [3.05, 3.63) is 0 Å². The monoisotopic (exact) mass is 306 g/mol. The van der Waals surface area contributed by atoms with Gasteiger partial charge in [0.2, 0.25) is 0 Å². The maximum atomic E-state index is 11.4. The van der Waals surface area contributed by atoms with E-state index in [0.717, 1.165) is 37.2 Å². The molecule has 0 bridgehead atoms. The van der Waals surface area contributed by atoms with E-state index in [2.05, 4.69) is 13.8 Å². The Labute approximate surface area is 108 Å². The first-order chi connectivity index (χ1) is 6.12. The van der Waals surface area contributed by atoms with Crippen LogP contribution in [0.1, 0.15) is 39.5 Å². The molecule has 0 rings (SSSR count). The molecular weight excluding hydrogens is 289 g/mol. The van der Waals surface area contributed by atoms with E-state index in [0.29, 0.717) is 0 Å². The first-order valence-corrected chi connectivity index (χ1v) is 9.58. The molecule has 6 heteroatoms. The van der Waals surface area contributed by atoms with Gasteiger partial charge in [0.1, 0.15) is 0 Å². The van der Waals surface area contributed by atoms with Gasteiger partial charge in [-0.2, -0.15) is 0 Å². The molecule has 2 nitrogen and oxygen atoms in total. The maximum Gasteiger partial charge on any atom is 0.310 e. The van der Waals surface area contributed by atoms with Gasteiger partial charge in [-0.25, -0.2) is 0 Å². The van der Waals surface area contributed by atoms with Gasteiger partial charge >= 0.3 is 5.77 Å². The zero-order chi connectivity index (χ0) is 10.2. The van der Waals surface area contributed by atoms with Crippen LogP contribution in [0.3, 0.4) is 0 Å². The zero-order valence-electron chi connectivity index (χ0n) is 9.07. The van der Waals surface area contributed by atoms with Crippen molar-refractivity contribution in [1.29, 1.82) is 0 Å². The molecule has 0 aromatic carbocycles. The summed E-state index contributed by atoms with van der Waals surface area (Å²) in [6, 6.07) is 0. The Kier molecular flexibility index (Phi) is 14.1. The SMILES string of the molecule is CCCCSP(=O)(O)SCCCC.[Zn]. The summed E-state index contributed by atoms with van der Waals surface area (Å²) in [7, 11) is 0. The molecule has 0 saturated carbocycles. The van der Waals surface area contributed by atoms with Crippen molar-refractivity contribution in [3.8, 4) is 0 Å². The molecule has 0 aromatic rings. The average Bonchev–Trinajstić information content (AvgIpc) is 2.05. The van der Waals surface area contributed by atoms with E-state index in [4.69, 9.17) is 0 Å². The van der Waals surface area contributed by atoms with Crippen molar-refractivity contribution < 1.29 is 28.9 Å². The Morgan fingerprint density at radius 1 is 1.07 bits per heavy atom. The number of hydrogen-bond acceptors (Lipinski definition) is 3. The quantitative estimate of drug-likeness (QED) is 0.415. The summed E-state index contributed by atoms with van der Waals surface area (Å²) in [6.07, 6.45) is 4.24. The largest absolute Gasteiger partial charge is 0.329 e. The Balaban J connectivity index is 0. The van der Waals surface area contributed by atoms with Crippen molar-refractivity contribution in [2.24, 2.45) is 0 Å². The predicted octanol–water partition coefficient (Wildman–Crippen LogP) is 4.15. The molecule has 0 aliphatic rings. The van der Waals surface area contributed by atoms with Gasteiger partial charge in [-0.3, -0.25) is 4.57 Å². The fourth-order valence-electron chi connectivity index (χ4n) is 0.686. The zero-order valence-corrected chi connectivity index (χ0v) is 14.6. The van der Waals surface area contributed by atoms with E-state index in [-0.39, 0.29) is 19.5 Å². The van der Waals surface area contributed by atoms with E-state index in [1.807, 2.05) is 0 Å². The van der Waals surface area contributed by atoms with Gasteiger partial charge in [0.25, 0.3) is 0 Å². The molecule has 0 saturated heterocycles. The Morgan fingerprint density at radius 2 is 1.43 bits per heavy atom. The van der Waals surface area contributed by atoms with Crippen LogP contribution in [0.25, 0.3) is 0 Å². The van der Waals surface area contributed by atoms with E-state index < -0.39 is 5.77 Å². The van der Waals surface area contributed by atoms with Gasteiger partial charge in [-0.05, 0) is 12.8 Å². The van der Waals surface area contributed by atoms with Crippen LogP contribution in [0.2, 0.25) is 0 Å². The standard InChI is InChI=1S/C8H19O2PS2.Zn/c1-3-5-7-12-11(9,10)13-8-6-4-2;/h3-8H2,1-2H3,(H,9,10);. The molecule has 0 atom stereocenters.